The number of hydrogen-bond donors (Lipinski definition) is 2. The molecule has 0 bridgehead atoms. The third-order valence-corrected chi connectivity index (χ3v) is 2.90. The van der Waals surface area contributed by atoms with Gasteiger partial charge in [-0.1, -0.05) is 26.2 Å². The highest BCUT2D eigenvalue weighted by atomic mass is 19.1. The molecule has 3 N–H and O–H groups in total. The van der Waals surface area contributed by atoms with Crippen LogP contribution < -0.4 is 5.73 Å². The minimum Gasteiger partial charge on any atom is -0.481 e. The van der Waals surface area contributed by atoms with Gasteiger partial charge in [0.1, 0.15) is 11.6 Å². The standard InChI is InChI=1S/C13H17F2NO2/c1-2-3-4-5-9(13(17)18)10-6-8(14)7-11(15)12(10)16/h6-7,9H,2-5,16H2,1H3,(H,17,18). The van der Waals surface area contributed by atoms with E-state index in [1.807, 2.05) is 6.92 Å². The van der Waals surface area contributed by atoms with Gasteiger partial charge in [-0.2, -0.15) is 0 Å². The second-order valence-corrected chi connectivity index (χ2v) is 4.28. The number of carboxylic acids is 1. The van der Waals surface area contributed by atoms with Gasteiger partial charge in [-0.3, -0.25) is 4.79 Å². The molecule has 5 heteroatoms. The summed E-state index contributed by atoms with van der Waals surface area (Å²) in [5, 5.41) is 9.13. The largest absolute Gasteiger partial charge is 0.481 e. The fourth-order valence-corrected chi connectivity index (χ4v) is 1.90. The lowest BCUT2D eigenvalue weighted by Gasteiger charge is -2.15. The van der Waals surface area contributed by atoms with E-state index in [9.17, 15) is 13.6 Å². The van der Waals surface area contributed by atoms with Crippen molar-refractivity contribution in [3.63, 3.8) is 0 Å². The van der Waals surface area contributed by atoms with Crippen LogP contribution in [0.4, 0.5) is 14.5 Å². The van der Waals surface area contributed by atoms with Crippen molar-refractivity contribution in [1.29, 1.82) is 0 Å². The van der Waals surface area contributed by atoms with E-state index in [2.05, 4.69) is 0 Å². The molecule has 0 saturated heterocycles. The molecule has 0 fully saturated rings. The minimum absolute atomic E-state index is 0.0242. The number of carboxylic acid groups (broad SMARTS) is 1. The molecule has 1 unspecified atom stereocenters. The summed E-state index contributed by atoms with van der Waals surface area (Å²) >= 11 is 0. The molecule has 0 amide bonds. The number of anilines is 1. The summed E-state index contributed by atoms with van der Waals surface area (Å²) in [4.78, 5) is 11.2. The molecular weight excluding hydrogens is 240 g/mol. The van der Waals surface area contributed by atoms with E-state index in [4.69, 9.17) is 10.8 Å². The molecule has 0 aliphatic rings. The first-order valence-corrected chi connectivity index (χ1v) is 5.94. The Balaban J connectivity index is 3.02. The Kier molecular flexibility index (Phi) is 5.07. The number of nitrogen functional groups attached to an aromatic ring is 1. The first kappa shape index (κ1) is 14.4. The van der Waals surface area contributed by atoms with Crippen molar-refractivity contribution in [3.05, 3.63) is 29.3 Å². The van der Waals surface area contributed by atoms with E-state index < -0.39 is 23.5 Å². The molecule has 0 aromatic heterocycles. The number of halogens is 2. The topological polar surface area (TPSA) is 63.3 Å². The lowest BCUT2D eigenvalue weighted by Crippen LogP contribution is -2.15. The van der Waals surface area contributed by atoms with Gasteiger partial charge in [0.15, 0.2) is 0 Å². The maximum atomic E-state index is 13.3. The molecule has 1 aromatic carbocycles. The van der Waals surface area contributed by atoms with Crippen molar-refractivity contribution < 1.29 is 18.7 Å². The normalized spacial score (nSPS) is 12.4. The number of benzene rings is 1. The van der Waals surface area contributed by atoms with Crippen LogP contribution in [-0.2, 0) is 4.79 Å². The van der Waals surface area contributed by atoms with Crippen molar-refractivity contribution in [2.45, 2.75) is 38.5 Å². The Morgan fingerprint density at radius 3 is 2.61 bits per heavy atom. The molecule has 0 saturated carbocycles. The third kappa shape index (κ3) is 3.42. The number of rotatable bonds is 6. The Labute approximate surface area is 105 Å². The van der Waals surface area contributed by atoms with Gasteiger partial charge < -0.3 is 10.8 Å². The predicted octanol–water partition coefficient (Wildman–Crippen LogP) is 3.30. The van der Waals surface area contributed by atoms with Gasteiger partial charge in [0.25, 0.3) is 0 Å². The van der Waals surface area contributed by atoms with Crippen LogP contribution in [0, 0.1) is 11.6 Å². The summed E-state index contributed by atoms with van der Waals surface area (Å²) in [7, 11) is 0. The summed E-state index contributed by atoms with van der Waals surface area (Å²) in [5.41, 5.74) is 5.24. The van der Waals surface area contributed by atoms with Crippen molar-refractivity contribution in [2.24, 2.45) is 0 Å². The summed E-state index contributed by atoms with van der Waals surface area (Å²) in [5.74, 6) is -3.78. The molecule has 1 rings (SSSR count). The number of carbonyl (C=O) groups is 1. The molecule has 100 valence electrons. The molecule has 3 nitrogen and oxygen atoms in total. The first-order valence-electron chi connectivity index (χ1n) is 5.94. The second-order valence-electron chi connectivity index (χ2n) is 4.28. The monoisotopic (exact) mass is 257 g/mol. The van der Waals surface area contributed by atoms with Crippen molar-refractivity contribution in [2.75, 3.05) is 5.73 Å². The average Bonchev–Trinajstić information content (AvgIpc) is 2.29. The van der Waals surface area contributed by atoms with Crippen LogP contribution in [0.2, 0.25) is 0 Å². The Morgan fingerprint density at radius 1 is 1.39 bits per heavy atom. The summed E-state index contributed by atoms with van der Waals surface area (Å²) in [6.07, 6.45) is 2.84. The van der Waals surface area contributed by atoms with Crippen LogP contribution >= 0.6 is 0 Å². The Morgan fingerprint density at radius 2 is 2.06 bits per heavy atom. The number of nitrogens with two attached hydrogens (primary N) is 1. The molecule has 0 radical (unpaired) electrons. The SMILES string of the molecule is CCCCCC(C(=O)O)c1cc(F)cc(F)c1N. The summed E-state index contributed by atoms with van der Waals surface area (Å²) < 4.78 is 26.4. The summed E-state index contributed by atoms with van der Waals surface area (Å²) in [6.45, 7) is 1.99. The van der Waals surface area contributed by atoms with Crippen LogP contribution in [0.25, 0.3) is 0 Å². The molecule has 0 aliphatic carbocycles. The predicted molar refractivity (Wildman–Crippen MR) is 65.3 cm³/mol. The number of aliphatic carboxylic acids is 1. The van der Waals surface area contributed by atoms with E-state index in [1.165, 1.54) is 0 Å². The van der Waals surface area contributed by atoms with E-state index in [0.717, 1.165) is 18.9 Å². The second kappa shape index (κ2) is 6.33. The van der Waals surface area contributed by atoms with Gasteiger partial charge in [0, 0.05) is 6.07 Å². The highest BCUT2D eigenvalue weighted by Gasteiger charge is 2.24. The lowest BCUT2D eigenvalue weighted by atomic mass is 9.92. The van der Waals surface area contributed by atoms with Gasteiger partial charge in [-0.25, -0.2) is 8.78 Å². The van der Waals surface area contributed by atoms with Gasteiger partial charge >= 0.3 is 5.97 Å². The van der Waals surface area contributed by atoms with Gasteiger partial charge in [0.2, 0.25) is 0 Å². The van der Waals surface area contributed by atoms with Crippen molar-refractivity contribution >= 4 is 11.7 Å². The minimum atomic E-state index is -1.11. The maximum Gasteiger partial charge on any atom is 0.311 e. The molecule has 0 heterocycles. The third-order valence-electron chi connectivity index (χ3n) is 2.90. The van der Waals surface area contributed by atoms with Gasteiger partial charge in [-0.15, -0.1) is 0 Å². The highest BCUT2D eigenvalue weighted by Crippen LogP contribution is 2.30. The van der Waals surface area contributed by atoms with Crippen LogP contribution in [0.3, 0.4) is 0 Å². The molecule has 18 heavy (non-hydrogen) atoms. The maximum absolute atomic E-state index is 13.3. The fourth-order valence-electron chi connectivity index (χ4n) is 1.90. The van der Waals surface area contributed by atoms with E-state index in [-0.39, 0.29) is 11.3 Å². The smallest absolute Gasteiger partial charge is 0.311 e. The number of hydrogen-bond acceptors (Lipinski definition) is 2. The van der Waals surface area contributed by atoms with Crippen molar-refractivity contribution in [1.82, 2.24) is 0 Å². The van der Waals surface area contributed by atoms with Crippen LogP contribution in [0.15, 0.2) is 12.1 Å². The van der Waals surface area contributed by atoms with Gasteiger partial charge in [-0.05, 0) is 18.1 Å². The van der Waals surface area contributed by atoms with Crippen LogP contribution in [0.5, 0.6) is 0 Å². The molecule has 0 aliphatic heterocycles. The molecule has 0 spiro atoms. The van der Waals surface area contributed by atoms with E-state index in [0.29, 0.717) is 18.9 Å². The van der Waals surface area contributed by atoms with Crippen molar-refractivity contribution in [3.8, 4) is 0 Å². The molecule has 1 aromatic rings. The zero-order valence-electron chi connectivity index (χ0n) is 10.2. The zero-order valence-corrected chi connectivity index (χ0v) is 10.2. The van der Waals surface area contributed by atoms with E-state index in [1.54, 1.807) is 0 Å². The fraction of sp³-hybridized carbons (Fsp3) is 0.462. The first-order chi connectivity index (χ1) is 8.47. The van der Waals surface area contributed by atoms with Crippen LogP contribution in [-0.4, -0.2) is 11.1 Å². The zero-order chi connectivity index (χ0) is 13.7. The summed E-state index contributed by atoms with van der Waals surface area (Å²) in [6, 6.07) is 1.66. The lowest BCUT2D eigenvalue weighted by molar-refractivity contribution is -0.139. The Hall–Kier alpha value is -1.65. The highest BCUT2D eigenvalue weighted by molar-refractivity contribution is 5.78. The van der Waals surface area contributed by atoms with E-state index >= 15 is 0 Å². The van der Waals surface area contributed by atoms with Crippen LogP contribution in [0.1, 0.15) is 44.1 Å². The number of unbranched alkanes of at least 4 members (excludes halogenated alkanes) is 2. The Bertz CT molecular complexity index is 435. The average molecular weight is 257 g/mol. The molecular formula is C13H17F2NO2. The molecule has 1 atom stereocenters. The van der Waals surface area contributed by atoms with Gasteiger partial charge in [0.05, 0.1) is 11.6 Å². The quantitative estimate of drug-likeness (QED) is 0.607.